The maximum absolute atomic E-state index is 11.5. The summed E-state index contributed by atoms with van der Waals surface area (Å²) in [5.41, 5.74) is 0. The van der Waals surface area contributed by atoms with Crippen LogP contribution >= 0.6 is 0 Å². The van der Waals surface area contributed by atoms with E-state index in [-0.39, 0.29) is 31.2 Å². The van der Waals surface area contributed by atoms with Gasteiger partial charge in [0.15, 0.2) is 0 Å². The van der Waals surface area contributed by atoms with Crippen LogP contribution in [0.25, 0.3) is 0 Å². The molecule has 0 aromatic rings. The first-order valence-electron chi connectivity index (χ1n) is 6.59. The van der Waals surface area contributed by atoms with E-state index in [4.69, 9.17) is 5.11 Å². The quantitative estimate of drug-likeness (QED) is 0.577. The largest absolute Gasteiger partial charge is 0.481 e. The van der Waals surface area contributed by atoms with Gasteiger partial charge < -0.3 is 15.7 Å². The molecule has 0 aromatic heterocycles. The van der Waals surface area contributed by atoms with Crippen LogP contribution in [0, 0.1) is 11.8 Å². The molecule has 0 radical (unpaired) electrons. The number of amides is 2. The van der Waals surface area contributed by atoms with E-state index in [1.807, 2.05) is 0 Å². The number of carbonyl (C=O) groups excluding carboxylic acids is 2. The Labute approximate surface area is 113 Å². The van der Waals surface area contributed by atoms with Crippen molar-refractivity contribution in [3.63, 3.8) is 0 Å². The molecule has 0 heterocycles. The molecule has 0 saturated carbocycles. The topological polar surface area (TPSA) is 95.5 Å². The van der Waals surface area contributed by atoms with Crippen molar-refractivity contribution in [3.8, 4) is 0 Å². The second kappa shape index (κ2) is 9.35. The molecule has 0 spiro atoms. The third kappa shape index (κ3) is 10.1. The van der Waals surface area contributed by atoms with Gasteiger partial charge >= 0.3 is 5.97 Å². The van der Waals surface area contributed by atoms with Crippen LogP contribution in [-0.2, 0) is 14.4 Å². The molecular weight excluding hydrogens is 248 g/mol. The second-order valence-corrected chi connectivity index (χ2v) is 5.07. The van der Waals surface area contributed by atoms with Gasteiger partial charge in [-0.1, -0.05) is 20.8 Å². The van der Waals surface area contributed by atoms with Gasteiger partial charge in [-0.05, 0) is 12.3 Å². The average Bonchev–Trinajstić information content (AvgIpc) is 2.27. The van der Waals surface area contributed by atoms with Gasteiger partial charge in [-0.3, -0.25) is 14.4 Å². The van der Waals surface area contributed by atoms with Crippen LogP contribution in [0.1, 0.15) is 40.0 Å². The van der Waals surface area contributed by atoms with Crippen molar-refractivity contribution in [2.75, 3.05) is 13.1 Å². The van der Waals surface area contributed by atoms with E-state index < -0.39 is 11.9 Å². The molecule has 2 amide bonds. The van der Waals surface area contributed by atoms with Gasteiger partial charge in [-0.15, -0.1) is 0 Å². The van der Waals surface area contributed by atoms with Crippen molar-refractivity contribution < 1.29 is 19.5 Å². The van der Waals surface area contributed by atoms with Crippen LogP contribution in [0.2, 0.25) is 0 Å². The number of nitrogens with one attached hydrogen (secondary N) is 2. The second-order valence-electron chi connectivity index (χ2n) is 5.07. The van der Waals surface area contributed by atoms with E-state index in [9.17, 15) is 14.4 Å². The molecule has 6 nitrogen and oxygen atoms in total. The zero-order valence-electron chi connectivity index (χ0n) is 11.9. The maximum Gasteiger partial charge on any atom is 0.304 e. The van der Waals surface area contributed by atoms with Gasteiger partial charge in [0, 0.05) is 25.4 Å². The van der Waals surface area contributed by atoms with Crippen LogP contribution in [0.3, 0.4) is 0 Å². The molecule has 1 unspecified atom stereocenters. The molecule has 0 fully saturated rings. The zero-order chi connectivity index (χ0) is 14.8. The summed E-state index contributed by atoms with van der Waals surface area (Å²) >= 11 is 0. The fourth-order valence-corrected chi connectivity index (χ4v) is 1.42. The highest BCUT2D eigenvalue weighted by Crippen LogP contribution is 2.01. The Morgan fingerprint density at radius 1 is 1.05 bits per heavy atom. The first kappa shape index (κ1) is 17.4. The normalized spacial score (nSPS) is 12.0. The summed E-state index contributed by atoms with van der Waals surface area (Å²) in [6.07, 6.45) is 0.934. The monoisotopic (exact) mass is 272 g/mol. The minimum atomic E-state index is -1.01. The van der Waals surface area contributed by atoms with Crippen LogP contribution in [0.15, 0.2) is 0 Å². The van der Waals surface area contributed by atoms with Gasteiger partial charge in [0.1, 0.15) is 0 Å². The van der Waals surface area contributed by atoms with Crippen molar-refractivity contribution >= 4 is 17.8 Å². The molecule has 6 heteroatoms. The van der Waals surface area contributed by atoms with E-state index >= 15 is 0 Å². The highest BCUT2D eigenvalue weighted by Gasteiger charge is 2.16. The van der Waals surface area contributed by atoms with Gasteiger partial charge in [0.25, 0.3) is 0 Å². The van der Waals surface area contributed by atoms with Gasteiger partial charge in [0.2, 0.25) is 11.8 Å². The lowest BCUT2D eigenvalue weighted by atomic mass is 10.1. The number of aliphatic carboxylic acids is 1. The molecule has 0 saturated heterocycles. The smallest absolute Gasteiger partial charge is 0.304 e. The standard InChI is InChI=1S/C13H24N2O4/c1-9(2)4-6-14-11(16)5-7-15-13(19)10(3)8-12(17)18/h9-10H,4-8H2,1-3H3,(H,14,16)(H,15,19)(H,17,18). The SMILES string of the molecule is CC(C)CCNC(=O)CCNC(=O)C(C)CC(=O)O. The summed E-state index contributed by atoms with van der Waals surface area (Å²) in [6, 6.07) is 0. The fraction of sp³-hybridized carbons (Fsp3) is 0.769. The molecule has 0 rings (SSSR count). The Morgan fingerprint density at radius 3 is 2.21 bits per heavy atom. The number of carbonyl (C=O) groups is 3. The Balaban J connectivity index is 3.69. The molecule has 19 heavy (non-hydrogen) atoms. The van der Waals surface area contributed by atoms with E-state index in [0.29, 0.717) is 12.5 Å². The maximum atomic E-state index is 11.5. The summed E-state index contributed by atoms with van der Waals surface area (Å²) in [4.78, 5) is 33.3. The molecule has 0 aromatic carbocycles. The summed E-state index contributed by atoms with van der Waals surface area (Å²) < 4.78 is 0. The van der Waals surface area contributed by atoms with Gasteiger partial charge in [0.05, 0.1) is 6.42 Å². The lowest BCUT2D eigenvalue weighted by Crippen LogP contribution is -2.34. The summed E-state index contributed by atoms with van der Waals surface area (Å²) in [7, 11) is 0. The van der Waals surface area contributed by atoms with Crippen molar-refractivity contribution in [1.82, 2.24) is 10.6 Å². The van der Waals surface area contributed by atoms with E-state index in [2.05, 4.69) is 24.5 Å². The highest BCUT2D eigenvalue weighted by molar-refractivity contribution is 5.83. The number of carboxylic acids is 1. The Kier molecular flexibility index (Phi) is 8.57. The van der Waals surface area contributed by atoms with E-state index in [1.54, 1.807) is 6.92 Å². The third-order valence-corrected chi connectivity index (χ3v) is 2.62. The third-order valence-electron chi connectivity index (χ3n) is 2.62. The van der Waals surface area contributed by atoms with Crippen molar-refractivity contribution in [1.29, 1.82) is 0 Å². The minimum Gasteiger partial charge on any atom is -0.481 e. The van der Waals surface area contributed by atoms with E-state index in [1.165, 1.54) is 0 Å². The molecule has 0 aliphatic heterocycles. The lowest BCUT2D eigenvalue weighted by Gasteiger charge is -2.10. The Morgan fingerprint density at radius 2 is 1.68 bits per heavy atom. The summed E-state index contributed by atoms with van der Waals surface area (Å²) in [5.74, 6) is -1.49. The first-order chi connectivity index (χ1) is 8.82. The molecule has 1 atom stereocenters. The van der Waals surface area contributed by atoms with Crippen molar-refractivity contribution in [2.24, 2.45) is 11.8 Å². The summed E-state index contributed by atoms with van der Waals surface area (Å²) in [6.45, 7) is 6.58. The number of carboxylic acid groups (broad SMARTS) is 1. The van der Waals surface area contributed by atoms with Gasteiger partial charge in [-0.25, -0.2) is 0 Å². The molecule has 110 valence electrons. The molecule has 0 bridgehead atoms. The van der Waals surface area contributed by atoms with Crippen LogP contribution in [0.4, 0.5) is 0 Å². The fourth-order valence-electron chi connectivity index (χ4n) is 1.42. The molecule has 0 aliphatic carbocycles. The first-order valence-corrected chi connectivity index (χ1v) is 6.59. The Bertz CT molecular complexity index is 316. The van der Waals surface area contributed by atoms with Crippen LogP contribution in [0.5, 0.6) is 0 Å². The minimum absolute atomic E-state index is 0.105. The molecular formula is C13H24N2O4. The number of hydrogen-bond donors (Lipinski definition) is 3. The number of rotatable bonds is 9. The molecule has 0 aliphatic rings. The number of hydrogen-bond acceptors (Lipinski definition) is 3. The average molecular weight is 272 g/mol. The van der Waals surface area contributed by atoms with Crippen LogP contribution < -0.4 is 10.6 Å². The highest BCUT2D eigenvalue weighted by atomic mass is 16.4. The Hall–Kier alpha value is -1.59. The van der Waals surface area contributed by atoms with Crippen LogP contribution in [-0.4, -0.2) is 36.0 Å². The van der Waals surface area contributed by atoms with Gasteiger partial charge in [-0.2, -0.15) is 0 Å². The summed E-state index contributed by atoms with van der Waals surface area (Å²) in [5, 5.41) is 13.9. The lowest BCUT2D eigenvalue weighted by molar-refractivity contribution is -0.140. The van der Waals surface area contributed by atoms with Crippen molar-refractivity contribution in [2.45, 2.75) is 40.0 Å². The van der Waals surface area contributed by atoms with Crippen molar-refractivity contribution in [3.05, 3.63) is 0 Å². The molecule has 3 N–H and O–H groups in total. The predicted molar refractivity (Wildman–Crippen MR) is 71.5 cm³/mol. The predicted octanol–water partition coefficient (Wildman–Crippen LogP) is 0.766. The zero-order valence-corrected chi connectivity index (χ0v) is 11.9. The van der Waals surface area contributed by atoms with E-state index in [0.717, 1.165) is 6.42 Å².